The quantitative estimate of drug-likeness (QED) is 0.669. The average molecular weight is 346 g/mol. The number of benzene rings is 1. The number of amides is 1. The van der Waals surface area contributed by atoms with Crippen molar-refractivity contribution in [1.82, 2.24) is 14.3 Å². The topological polar surface area (TPSA) is 52.2 Å². The molecule has 0 radical (unpaired) electrons. The Morgan fingerprint density at radius 2 is 2.17 bits per heavy atom. The van der Waals surface area contributed by atoms with Gasteiger partial charge in [-0.15, -0.1) is 6.42 Å². The molecular weight excluding hydrogens is 334 g/mol. The number of carbonyl (C=O) groups excluding carboxylic acids is 1. The SMILES string of the molecule is C#CCn1c(=NC(=O)c2cc(C)n(C)n2)sc2cc(F)cc(F)c21. The lowest BCUT2D eigenvalue weighted by Gasteiger charge is -2.00. The third-order valence-electron chi connectivity index (χ3n) is 3.47. The van der Waals surface area contributed by atoms with Crippen LogP contribution in [0.25, 0.3) is 10.2 Å². The maximum absolute atomic E-state index is 14.1. The lowest BCUT2D eigenvalue weighted by molar-refractivity contribution is 0.0992. The number of carbonyl (C=O) groups is 1. The Morgan fingerprint density at radius 3 is 2.79 bits per heavy atom. The summed E-state index contributed by atoms with van der Waals surface area (Å²) >= 11 is 0.992. The Bertz CT molecular complexity index is 1050. The van der Waals surface area contributed by atoms with Gasteiger partial charge in [-0.2, -0.15) is 10.1 Å². The smallest absolute Gasteiger partial charge is 0.300 e. The van der Waals surface area contributed by atoms with Crippen molar-refractivity contribution in [1.29, 1.82) is 0 Å². The van der Waals surface area contributed by atoms with Crippen molar-refractivity contribution in [3.05, 3.63) is 46.0 Å². The molecule has 24 heavy (non-hydrogen) atoms. The van der Waals surface area contributed by atoms with Gasteiger partial charge in [-0.1, -0.05) is 17.3 Å². The second kappa shape index (κ2) is 6.02. The van der Waals surface area contributed by atoms with E-state index < -0.39 is 17.5 Å². The van der Waals surface area contributed by atoms with Gasteiger partial charge in [0.15, 0.2) is 16.3 Å². The molecule has 2 aromatic heterocycles. The van der Waals surface area contributed by atoms with Crippen LogP contribution in [0, 0.1) is 30.9 Å². The maximum atomic E-state index is 14.1. The number of hydrogen-bond acceptors (Lipinski definition) is 3. The Labute approximate surface area is 139 Å². The average Bonchev–Trinajstić information content (AvgIpc) is 3.01. The van der Waals surface area contributed by atoms with Gasteiger partial charge in [-0.05, 0) is 19.1 Å². The molecule has 0 N–H and O–H groups in total. The number of terminal acetylenes is 1. The Balaban J connectivity index is 2.21. The van der Waals surface area contributed by atoms with Crippen LogP contribution in [0.15, 0.2) is 23.2 Å². The molecule has 0 bridgehead atoms. The molecule has 0 aliphatic heterocycles. The van der Waals surface area contributed by atoms with Gasteiger partial charge in [0.25, 0.3) is 5.91 Å². The Morgan fingerprint density at radius 1 is 1.42 bits per heavy atom. The summed E-state index contributed by atoms with van der Waals surface area (Å²) in [4.78, 5) is 16.5. The van der Waals surface area contributed by atoms with Crippen LogP contribution in [-0.2, 0) is 13.6 Å². The molecule has 3 aromatic rings. The van der Waals surface area contributed by atoms with Crippen molar-refractivity contribution in [2.24, 2.45) is 12.0 Å². The molecule has 1 aromatic carbocycles. The van der Waals surface area contributed by atoms with E-state index in [-0.39, 0.29) is 22.6 Å². The van der Waals surface area contributed by atoms with E-state index in [0.717, 1.165) is 23.1 Å². The van der Waals surface area contributed by atoms with Crippen LogP contribution in [0.5, 0.6) is 0 Å². The second-order valence-electron chi connectivity index (χ2n) is 5.12. The molecule has 2 heterocycles. The molecule has 0 fully saturated rings. The molecule has 0 saturated carbocycles. The number of rotatable bonds is 2. The minimum absolute atomic E-state index is 0.00983. The lowest BCUT2D eigenvalue weighted by atomic mass is 10.3. The van der Waals surface area contributed by atoms with Gasteiger partial charge in [0.05, 0.1) is 16.8 Å². The highest BCUT2D eigenvalue weighted by atomic mass is 32.1. The minimum Gasteiger partial charge on any atom is -0.302 e. The largest absolute Gasteiger partial charge is 0.302 e. The lowest BCUT2D eigenvalue weighted by Crippen LogP contribution is -2.17. The number of hydrogen-bond donors (Lipinski definition) is 0. The fraction of sp³-hybridized carbons (Fsp3) is 0.188. The summed E-state index contributed by atoms with van der Waals surface area (Å²) in [5, 5.41) is 4.06. The van der Waals surface area contributed by atoms with Crippen molar-refractivity contribution in [3.8, 4) is 12.3 Å². The van der Waals surface area contributed by atoms with Crippen LogP contribution in [0.1, 0.15) is 16.2 Å². The highest BCUT2D eigenvalue weighted by Gasteiger charge is 2.15. The number of halogens is 2. The number of aromatic nitrogens is 3. The molecule has 122 valence electrons. The summed E-state index contributed by atoms with van der Waals surface area (Å²) in [5.74, 6) is 0.364. The van der Waals surface area contributed by atoms with Gasteiger partial charge in [-0.25, -0.2) is 8.78 Å². The first-order valence-corrected chi connectivity index (χ1v) is 7.74. The third kappa shape index (κ3) is 2.74. The fourth-order valence-corrected chi connectivity index (χ4v) is 3.33. The summed E-state index contributed by atoms with van der Waals surface area (Å²) in [5.41, 5.74) is 1.10. The summed E-state index contributed by atoms with van der Waals surface area (Å²) in [7, 11) is 1.71. The van der Waals surface area contributed by atoms with E-state index in [4.69, 9.17) is 6.42 Å². The van der Waals surface area contributed by atoms with Crippen molar-refractivity contribution >= 4 is 27.5 Å². The zero-order valence-corrected chi connectivity index (χ0v) is 13.7. The molecule has 3 rings (SSSR count). The molecule has 1 amide bonds. The highest BCUT2D eigenvalue weighted by Crippen LogP contribution is 2.22. The summed E-state index contributed by atoms with van der Waals surface area (Å²) in [6.07, 6.45) is 5.32. The van der Waals surface area contributed by atoms with E-state index in [9.17, 15) is 13.6 Å². The molecular formula is C16H12F2N4OS. The number of thiazole rings is 1. The fourth-order valence-electron chi connectivity index (χ4n) is 2.26. The number of nitrogens with zero attached hydrogens (tertiary/aromatic N) is 4. The maximum Gasteiger partial charge on any atom is 0.300 e. The van der Waals surface area contributed by atoms with E-state index >= 15 is 0 Å². The standard InChI is InChI=1S/C16H12F2N4OS/c1-4-5-22-14-11(18)7-10(17)8-13(14)24-16(22)19-15(23)12-6-9(2)21(3)20-12/h1,6-8H,5H2,2-3H3. The van der Waals surface area contributed by atoms with Crippen LogP contribution < -0.4 is 4.80 Å². The minimum atomic E-state index is -0.751. The van der Waals surface area contributed by atoms with Crippen molar-refractivity contribution in [2.45, 2.75) is 13.5 Å². The zero-order valence-electron chi connectivity index (χ0n) is 12.9. The van der Waals surface area contributed by atoms with Crippen LogP contribution in [0.3, 0.4) is 0 Å². The number of aryl methyl sites for hydroxylation is 2. The van der Waals surface area contributed by atoms with Crippen molar-refractivity contribution in [3.63, 3.8) is 0 Å². The first-order chi connectivity index (χ1) is 11.4. The summed E-state index contributed by atoms with van der Waals surface area (Å²) < 4.78 is 30.8. The van der Waals surface area contributed by atoms with Crippen LogP contribution in [0.4, 0.5) is 8.78 Å². The zero-order chi connectivity index (χ0) is 17.4. The highest BCUT2D eigenvalue weighted by molar-refractivity contribution is 7.16. The first kappa shape index (κ1) is 16.1. The number of fused-ring (bicyclic) bond motifs is 1. The molecule has 0 atom stereocenters. The molecule has 0 saturated heterocycles. The van der Waals surface area contributed by atoms with Crippen molar-refractivity contribution in [2.75, 3.05) is 0 Å². The van der Waals surface area contributed by atoms with Gasteiger partial charge >= 0.3 is 0 Å². The first-order valence-electron chi connectivity index (χ1n) is 6.92. The van der Waals surface area contributed by atoms with E-state index in [0.29, 0.717) is 4.70 Å². The molecule has 0 aliphatic carbocycles. The van der Waals surface area contributed by atoms with Crippen LogP contribution >= 0.6 is 11.3 Å². The molecule has 5 nitrogen and oxygen atoms in total. The second-order valence-corrected chi connectivity index (χ2v) is 6.13. The monoisotopic (exact) mass is 346 g/mol. The van der Waals surface area contributed by atoms with Gasteiger partial charge < -0.3 is 4.57 Å². The predicted octanol–water partition coefficient (Wildman–Crippen LogP) is 2.40. The van der Waals surface area contributed by atoms with Gasteiger partial charge in [0.1, 0.15) is 5.82 Å². The van der Waals surface area contributed by atoms with E-state index in [1.807, 2.05) is 0 Å². The normalized spacial score (nSPS) is 11.9. The van der Waals surface area contributed by atoms with Gasteiger partial charge in [0, 0.05) is 18.8 Å². The van der Waals surface area contributed by atoms with E-state index in [2.05, 4.69) is 16.0 Å². The Hall–Kier alpha value is -2.79. The Kier molecular flexibility index (Phi) is 4.03. The van der Waals surface area contributed by atoms with Crippen molar-refractivity contribution < 1.29 is 13.6 Å². The summed E-state index contributed by atoms with van der Waals surface area (Å²) in [6.45, 7) is 1.82. The molecule has 0 aliphatic rings. The van der Waals surface area contributed by atoms with Gasteiger partial charge in [-0.3, -0.25) is 9.48 Å². The molecule has 8 heteroatoms. The molecule has 0 spiro atoms. The summed E-state index contributed by atoms with van der Waals surface area (Å²) in [6, 6.07) is 3.56. The third-order valence-corrected chi connectivity index (χ3v) is 4.50. The molecule has 0 unspecified atom stereocenters. The predicted molar refractivity (Wildman–Crippen MR) is 86.4 cm³/mol. The van der Waals surface area contributed by atoms with E-state index in [1.54, 1.807) is 24.7 Å². The van der Waals surface area contributed by atoms with Crippen LogP contribution in [0.2, 0.25) is 0 Å². The van der Waals surface area contributed by atoms with Crippen LogP contribution in [-0.4, -0.2) is 20.3 Å². The van der Waals surface area contributed by atoms with Gasteiger partial charge in [0.2, 0.25) is 0 Å². The van der Waals surface area contributed by atoms with E-state index in [1.165, 1.54) is 10.6 Å².